The number of rotatable bonds is 1. The molecular formula is C18H16F3NO3. The van der Waals surface area contributed by atoms with Gasteiger partial charge in [-0.1, -0.05) is 12.1 Å². The SMILES string of the molecule is CC1(C)C(=O)c2ccc(C(F)(F)F)cc2[C@H](n2ccccc2=O)[C@H]1O. The molecular weight excluding hydrogens is 335 g/mol. The van der Waals surface area contributed by atoms with Crippen molar-refractivity contribution in [2.24, 2.45) is 5.41 Å². The highest BCUT2D eigenvalue weighted by molar-refractivity contribution is 6.03. The first-order valence-corrected chi connectivity index (χ1v) is 7.66. The monoisotopic (exact) mass is 351 g/mol. The van der Waals surface area contributed by atoms with E-state index in [0.29, 0.717) is 0 Å². The minimum atomic E-state index is -4.60. The predicted octanol–water partition coefficient (Wildman–Crippen LogP) is 3.04. The van der Waals surface area contributed by atoms with Crippen LogP contribution in [0.25, 0.3) is 0 Å². The third-order valence-electron chi connectivity index (χ3n) is 4.72. The van der Waals surface area contributed by atoms with E-state index in [0.717, 1.165) is 22.8 Å². The van der Waals surface area contributed by atoms with Gasteiger partial charge in [0.25, 0.3) is 5.56 Å². The molecule has 0 saturated carbocycles. The normalized spacial score (nSPS) is 22.6. The Morgan fingerprint density at radius 1 is 1.12 bits per heavy atom. The van der Waals surface area contributed by atoms with Crippen molar-refractivity contribution >= 4 is 5.78 Å². The number of hydrogen-bond acceptors (Lipinski definition) is 3. The summed E-state index contributed by atoms with van der Waals surface area (Å²) in [5.74, 6) is -0.455. The molecule has 0 saturated heterocycles. The number of aliphatic hydroxyl groups is 1. The van der Waals surface area contributed by atoms with Gasteiger partial charge in [0, 0.05) is 17.8 Å². The van der Waals surface area contributed by atoms with E-state index in [9.17, 15) is 27.9 Å². The highest BCUT2D eigenvalue weighted by Crippen LogP contribution is 2.44. The third kappa shape index (κ3) is 2.68. The van der Waals surface area contributed by atoms with Crippen LogP contribution in [0.3, 0.4) is 0 Å². The molecule has 0 spiro atoms. The number of aromatic nitrogens is 1. The molecule has 0 unspecified atom stereocenters. The Labute approximate surface area is 141 Å². The largest absolute Gasteiger partial charge is 0.416 e. The second-order valence-corrected chi connectivity index (χ2v) is 6.69. The lowest BCUT2D eigenvalue weighted by atomic mass is 9.68. The summed E-state index contributed by atoms with van der Waals surface area (Å²) in [4.78, 5) is 24.8. The molecule has 1 aliphatic carbocycles. The predicted molar refractivity (Wildman–Crippen MR) is 84.4 cm³/mol. The molecule has 3 rings (SSSR count). The molecule has 0 bridgehead atoms. The number of pyridine rings is 1. The maximum Gasteiger partial charge on any atom is 0.416 e. The average molecular weight is 351 g/mol. The highest BCUT2D eigenvalue weighted by atomic mass is 19.4. The molecule has 2 aromatic rings. The molecule has 0 radical (unpaired) electrons. The summed E-state index contributed by atoms with van der Waals surface area (Å²) >= 11 is 0. The first-order valence-electron chi connectivity index (χ1n) is 7.66. The topological polar surface area (TPSA) is 59.3 Å². The zero-order valence-corrected chi connectivity index (χ0v) is 13.5. The van der Waals surface area contributed by atoms with Crippen molar-refractivity contribution in [3.63, 3.8) is 0 Å². The number of nitrogens with zero attached hydrogens (tertiary/aromatic N) is 1. The number of carbonyl (C=O) groups excluding carboxylic acids is 1. The van der Waals surface area contributed by atoms with E-state index in [1.807, 2.05) is 0 Å². The number of aliphatic hydroxyl groups excluding tert-OH is 1. The number of alkyl halides is 3. The summed E-state index contributed by atoms with van der Waals surface area (Å²) in [7, 11) is 0. The minimum Gasteiger partial charge on any atom is -0.390 e. The van der Waals surface area contributed by atoms with Crippen LogP contribution in [0.4, 0.5) is 13.2 Å². The van der Waals surface area contributed by atoms with Crippen molar-refractivity contribution in [1.29, 1.82) is 0 Å². The van der Waals surface area contributed by atoms with E-state index < -0.39 is 40.6 Å². The molecule has 1 aliphatic rings. The first kappa shape index (κ1) is 17.4. The van der Waals surface area contributed by atoms with Crippen LogP contribution in [-0.2, 0) is 6.18 Å². The summed E-state index contributed by atoms with van der Waals surface area (Å²) in [5, 5.41) is 10.7. The minimum absolute atomic E-state index is 0.0000463. The molecule has 132 valence electrons. The van der Waals surface area contributed by atoms with Crippen LogP contribution in [0.2, 0.25) is 0 Å². The van der Waals surface area contributed by atoms with E-state index in [-0.39, 0.29) is 11.1 Å². The third-order valence-corrected chi connectivity index (χ3v) is 4.72. The van der Waals surface area contributed by atoms with Gasteiger partial charge in [0.05, 0.1) is 23.1 Å². The Morgan fingerprint density at radius 3 is 2.40 bits per heavy atom. The molecule has 0 fully saturated rings. The summed E-state index contributed by atoms with van der Waals surface area (Å²) < 4.78 is 40.5. The first-order chi connectivity index (χ1) is 11.5. The molecule has 1 N–H and O–H groups in total. The molecule has 1 aromatic heterocycles. The van der Waals surface area contributed by atoms with Gasteiger partial charge in [-0.2, -0.15) is 13.2 Å². The number of carbonyl (C=O) groups is 1. The lowest BCUT2D eigenvalue weighted by molar-refractivity contribution is -0.137. The summed E-state index contributed by atoms with van der Waals surface area (Å²) in [6.45, 7) is 3.03. The molecule has 25 heavy (non-hydrogen) atoms. The van der Waals surface area contributed by atoms with E-state index in [4.69, 9.17) is 0 Å². The molecule has 4 nitrogen and oxygen atoms in total. The number of ketones is 1. The maximum atomic E-state index is 13.1. The standard InChI is InChI=1S/C18H16F3NO3/c1-17(2)15(24)11-7-6-10(18(19,20)21)9-12(11)14(16(17)25)22-8-4-3-5-13(22)23/h3-9,14,16,25H,1-2H3/t14-,16+/m0/s1. The number of fused-ring (bicyclic) bond motifs is 1. The molecule has 1 aromatic carbocycles. The van der Waals surface area contributed by atoms with Gasteiger partial charge >= 0.3 is 6.18 Å². The Bertz CT molecular complexity index is 899. The Hall–Kier alpha value is -2.41. The van der Waals surface area contributed by atoms with Crippen LogP contribution in [0.1, 0.15) is 41.4 Å². The molecule has 0 aliphatic heterocycles. The Balaban J connectivity index is 2.32. The lowest BCUT2D eigenvalue weighted by Crippen LogP contribution is -2.49. The molecule has 0 amide bonds. The smallest absolute Gasteiger partial charge is 0.390 e. The van der Waals surface area contributed by atoms with Gasteiger partial charge in [0.2, 0.25) is 0 Å². The number of Topliss-reactive ketones (excluding diaryl/α,β-unsaturated/α-hetero) is 1. The van der Waals surface area contributed by atoms with Gasteiger partial charge in [-0.3, -0.25) is 9.59 Å². The number of hydrogen-bond donors (Lipinski definition) is 1. The zero-order chi connectivity index (χ0) is 18.6. The van der Waals surface area contributed by atoms with Crippen molar-refractivity contribution in [3.05, 3.63) is 69.6 Å². The second kappa shape index (κ2) is 5.56. The maximum absolute atomic E-state index is 13.1. The summed E-state index contributed by atoms with van der Waals surface area (Å²) in [6.07, 6.45) is -4.55. The van der Waals surface area contributed by atoms with Crippen LogP contribution in [0.15, 0.2) is 47.4 Å². The van der Waals surface area contributed by atoms with E-state index in [1.165, 1.54) is 32.2 Å². The van der Waals surface area contributed by atoms with Crippen LogP contribution in [-0.4, -0.2) is 21.6 Å². The fourth-order valence-electron chi connectivity index (χ4n) is 3.21. The van der Waals surface area contributed by atoms with E-state index >= 15 is 0 Å². The van der Waals surface area contributed by atoms with Crippen LogP contribution >= 0.6 is 0 Å². The Kier molecular flexibility index (Phi) is 3.87. The summed E-state index contributed by atoms with van der Waals surface area (Å²) in [6, 6.07) is 6.02. The number of benzene rings is 1. The van der Waals surface area contributed by atoms with Crippen LogP contribution in [0.5, 0.6) is 0 Å². The average Bonchev–Trinajstić information content (AvgIpc) is 2.54. The second-order valence-electron chi connectivity index (χ2n) is 6.69. The van der Waals surface area contributed by atoms with Crippen LogP contribution < -0.4 is 5.56 Å². The fourth-order valence-corrected chi connectivity index (χ4v) is 3.21. The molecule has 1 heterocycles. The highest BCUT2D eigenvalue weighted by Gasteiger charge is 2.48. The van der Waals surface area contributed by atoms with Crippen molar-refractivity contribution in [1.82, 2.24) is 4.57 Å². The van der Waals surface area contributed by atoms with E-state index in [1.54, 1.807) is 6.07 Å². The van der Waals surface area contributed by atoms with Crippen LogP contribution in [0, 0.1) is 5.41 Å². The Morgan fingerprint density at radius 2 is 1.80 bits per heavy atom. The van der Waals surface area contributed by atoms with Gasteiger partial charge < -0.3 is 9.67 Å². The molecule has 7 heteroatoms. The zero-order valence-electron chi connectivity index (χ0n) is 13.5. The van der Waals surface area contributed by atoms with Crippen molar-refractivity contribution in [3.8, 4) is 0 Å². The van der Waals surface area contributed by atoms with Gasteiger partial charge in [0.1, 0.15) is 0 Å². The lowest BCUT2D eigenvalue weighted by Gasteiger charge is -2.41. The van der Waals surface area contributed by atoms with Gasteiger partial charge in [-0.25, -0.2) is 0 Å². The van der Waals surface area contributed by atoms with Crippen molar-refractivity contribution < 1.29 is 23.1 Å². The molecule has 2 atom stereocenters. The van der Waals surface area contributed by atoms with E-state index in [2.05, 4.69) is 0 Å². The van der Waals surface area contributed by atoms with Crippen molar-refractivity contribution in [2.75, 3.05) is 0 Å². The van der Waals surface area contributed by atoms with Gasteiger partial charge in [0.15, 0.2) is 5.78 Å². The fraction of sp³-hybridized carbons (Fsp3) is 0.333. The summed E-state index contributed by atoms with van der Waals surface area (Å²) in [5.41, 5.74) is -2.56. The quantitative estimate of drug-likeness (QED) is 0.859. The van der Waals surface area contributed by atoms with Gasteiger partial charge in [-0.15, -0.1) is 0 Å². The number of halogens is 3. The van der Waals surface area contributed by atoms with Crippen molar-refractivity contribution in [2.45, 2.75) is 32.2 Å². The van der Waals surface area contributed by atoms with Gasteiger partial charge in [-0.05, 0) is 37.6 Å².